The van der Waals surface area contributed by atoms with Gasteiger partial charge in [0.2, 0.25) is 5.91 Å². The van der Waals surface area contributed by atoms with E-state index < -0.39 is 0 Å². The molecule has 0 radical (unpaired) electrons. The molecular weight excluding hydrogens is 248 g/mol. The van der Waals surface area contributed by atoms with Gasteiger partial charge in [0, 0.05) is 24.1 Å². The predicted molar refractivity (Wildman–Crippen MR) is 71.5 cm³/mol. The Kier molecular flexibility index (Phi) is 2.63. The Labute approximate surface area is 108 Å². The number of hydrogen-bond donors (Lipinski definition) is 1. The lowest BCUT2D eigenvalue weighted by Gasteiger charge is -2.07. The first kappa shape index (κ1) is 11.3. The number of aromatic nitrogens is 1. The number of amides is 2. The Morgan fingerprint density at radius 2 is 2.17 bits per heavy atom. The van der Waals surface area contributed by atoms with E-state index in [9.17, 15) is 9.59 Å². The molecule has 1 saturated heterocycles. The smallest absolute Gasteiger partial charge is 0.286 e. The van der Waals surface area contributed by atoms with Gasteiger partial charge >= 0.3 is 0 Å². The van der Waals surface area contributed by atoms with Crippen LogP contribution in [0.25, 0.3) is 10.9 Å². The van der Waals surface area contributed by atoms with Gasteiger partial charge in [-0.25, -0.2) is 0 Å². The standard InChI is InChI=1S/C13H12N2O2S/c1-15-6-5-9-8(3-2-4-10(9)15)7-11-12(16)14-13(17)18-11/h2-6,11H,7H2,1H3,(H,14,16,17). The van der Waals surface area contributed by atoms with E-state index in [-0.39, 0.29) is 16.4 Å². The van der Waals surface area contributed by atoms with Crippen molar-refractivity contribution in [3.05, 3.63) is 36.0 Å². The summed E-state index contributed by atoms with van der Waals surface area (Å²) in [6.45, 7) is 0. The fraction of sp³-hybridized carbons (Fsp3) is 0.231. The molecule has 1 fully saturated rings. The number of aryl methyl sites for hydroxylation is 1. The van der Waals surface area contributed by atoms with Crippen LogP contribution < -0.4 is 5.32 Å². The highest BCUT2D eigenvalue weighted by atomic mass is 32.2. The first-order valence-electron chi connectivity index (χ1n) is 5.69. The quantitative estimate of drug-likeness (QED) is 0.899. The fourth-order valence-electron chi connectivity index (χ4n) is 2.27. The average molecular weight is 260 g/mol. The lowest BCUT2D eigenvalue weighted by Crippen LogP contribution is -2.25. The molecule has 1 N–H and O–H groups in total. The van der Waals surface area contributed by atoms with Crippen LogP contribution in [-0.2, 0) is 18.3 Å². The van der Waals surface area contributed by atoms with Crippen LogP contribution in [0, 0.1) is 0 Å². The van der Waals surface area contributed by atoms with Crippen LogP contribution in [0.15, 0.2) is 30.5 Å². The summed E-state index contributed by atoms with van der Waals surface area (Å²) in [5.41, 5.74) is 2.25. The van der Waals surface area contributed by atoms with Crippen LogP contribution in [0.1, 0.15) is 5.56 Å². The van der Waals surface area contributed by atoms with Crippen molar-refractivity contribution in [3.63, 3.8) is 0 Å². The molecule has 1 aromatic heterocycles. The second kappa shape index (κ2) is 4.17. The van der Waals surface area contributed by atoms with Crippen molar-refractivity contribution in [2.45, 2.75) is 11.7 Å². The molecule has 1 unspecified atom stereocenters. The zero-order valence-electron chi connectivity index (χ0n) is 9.84. The summed E-state index contributed by atoms with van der Waals surface area (Å²) in [6, 6.07) is 8.09. The maximum atomic E-state index is 11.6. The van der Waals surface area contributed by atoms with Gasteiger partial charge in [0.05, 0.1) is 5.25 Å². The van der Waals surface area contributed by atoms with Crippen molar-refractivity contribution in [1.82, 2.24) is 9.88 Å². The Hall–Kier alpha value is -1.75. The molecule has 0 spiro atoms. The molecule has 1 atom stereocenters. The second-order valence-electron chi connectivity index (χ2n) is 4.36. The van der Waals surface area contributed by atoms with Gasteiger partial charge in [-0.05, 0) is 24.1 Å². The van der Waals surface area contributed by atoms with E-state index >= 15 is 0 Å². The van der Waals surface area contributed by atoms with Gasteiger partial charge in [0.15, 0.2) is 0 Å². The van der Waals surface area contributed by atoms with Crippen molar-refractivity contribution < 1.29 is 9.59 Å². The van der Waals surface area contributed by atoms with E-state index in [1.807, 2.05) is 42.1 Å². The predicted octanol–water partition coefficient (Wildman–Crippen LogP) is 2.07. The molecule has 18 heavy (non-hydrogen) atoms. The number of nitrogens with one attached hydrogen (secondary N) is 1. The van der Waals surface area contributed by atoms with Crippen LogP contribution in [0.3, 0.4) is 0 Å². The maximum Gasteiger partial charge on any atom is 0.286 e. The van der Waals surface area contributed by atoms with Crippen molar-refractivity contribution >= 4 is 33.8 Å². The summed E-state index contributed by atoms with van der Waals surface area (Å²) in [5.74, 6) is -0.182. The number of carbonyl (C=O) groups is 2. The first-order valence-corrected chi connectivity index (χ1v) is 6.57. The van der Waals surface area contributed by atoms with Crippen LogP contribution in [-0.4, -0.2) is 21.0 Å². The van der Waals surface area contributed by atoms with Crippen molar-refractivity contribution in [2.75, 3.05) is 0 Å². The van der Waals surface area contributed by atoms with Crippen molar-refractivity contribution in [1.29, 1.82) is 0 Å². The lowest BCUT2D eigenvalue weighted by molar-refractivity contribution is -0.118. The van der Waals surface area contributed by atoms with Crippen molar-refractivity contribution in [3.8, 4) is 0 Å². The molecule has 3 rings (SSSR count). The molecule has 2 aromatic rings. The zero-order valence-corrected chi connectivity index (χ0v) is 10.7. The topological polar surface area (TPSA) is 51.1 Å². The molecule has 1 aliphatic heterocycles. The Bertz CT molecular complexity index is 647. The number of thioether (sulfide) groups is 1. The number of fused-ring (bicyclic) bond motifs is 1. The normalized spacial score (nSPS) is 19.5. The largest absolute Gasteiger partial charge is 0.351 e. The van der Waals surface area contributed by atoms with Crippen LogP contribution in [0.5, 0.6) is 0 Å². The van der Waals surface area contributed by atoms with E-state index in [0.29, 0.717) is 6.42 Å². The molecule has 4 nitrogen and oxygen atoms in total. The minimum Gasteiger partial charge on any atom is -0.351 e. The molecule has 2 amide bonds. The van der Waals surface area contributed by atoms with E-state index in [4.69, 9.17) is 0 Å². The van der Waals surface area contributed by atoms with Gasteiger partial charge in [-0.2, -0.15) is 0 Å². The number of imide groups is 1. The monoisotopic (exact) mass is 260 g/mol. The maximum absolute atomic E-state index is 11.6. The van der Waals surface area contributed by atoms with Crippen LogP contribution in [0.2, 0.25) is 0 Å². The molecular formula is C13H12N2O2S. The summed E-state index contributed by atoms with van der Waals surface area (Å²) in [5, 5.41) is 2.92. The molecule has 92 valence electrons. The molecule has 2 heterocycles. The summed E-state index contributed by atoms with van der Waals surface area (Å²) in [7, 11) is 1.99. The molecule has 0 saturated carbocycles. The van der Waals surface area contributed by atoms with Gasteiger partial charge in [-0.15, -0.1) is 0 Å². The Morgan fingerprint density at radius 3 is 2.89 bits per heavy atom. The number of rotatable bonds is 2. The van der Waals surface area contributed by atoms with Gasteiger partial charge in [0.1, 0.15) is 0 Å². The fourth-order valence-corrected chi connectivity index (χ4v) is 3.12. The summed E-state index contributed by atoms with van der Waals surface area (Å²) in [4.78, 5) is 22.7. The summed E-state index contributed by atoms with van der Waals surface area (Å²) >= 11 is 1.08. The lowest BCUT2D eigenvalue weighted by atomic mass is 10.0. The van der Waals surface area contributed by atoms with Gasteiger partial charge in [-0.3, -0.25) is 14.9 Å². The third-order valence-electron chi connectivity index (χ3n) is 3.19. The third-order valence-corrected chi connectivity index (χ3v) is 4.17. The number of carbonyl (C=O) groups excluding carboxylic acids is 2. The van der Waals surface area contributed by atoms with E-state index in [0.717, 1.165) is 28.2 Å². The van der Waals surface area contributed by atoms with E-state index in [1.165, 1.54) is 0 Å². The first-order chi connectivity index (χ1) is 8.65. The van der Waals surface area contributed by atoms with Crippen molar-refractivity contribution in [2.24, 2.45) is 7.05 Å². The molecule has 5 heteroatoms. The highest BCUT2D eigenvalue weighted by molar-refractivity contribution is 8.15. The molecule has 0 bridgehead atoms. The number of nitrogens with zero attached hydrogens (tertiary/aromatic N) is 1. The second-order valence-corrected chi connectivity index (χ2v) is 5.54. The zero-order chi connectivity index (χ0) is 12.7. The van der Waals surface area contributed by atoms with Crippen LogP contribution >= 0.6 is 11.8 Å². The minimum atomic E-state index is -0.302. The Morgan fingerprint density at radius 1 is 1.33 bits per heavy atom. The molecule has 1 aliphatic rings. The van der Waals surface area contributed by atoms with E-state index in [1.54, 1.807) is 0 Å². The molecule has 0 aliphatic carbocycles. The van der Waals surface area contributed by atoms with Gasteiger partial charge in [0.25, 0.3) is 5.24 Å². The molecule has 1 aromatic carbocycles. The SMILES string of the molecule is Cn1ccc2c(CC3SC(=O)NC3=O)cccc21. The third kappa shape index (κ3) is 1.80. The highest BCUT2D eigenvalue weighted by Gasteiger charge is 2.31. The summed E-state index contributed by atoms with van der Waals surface area (Å²) in [6.07, 6.45) is 2.59. The number of benzene rings is 1. The van der Waals surface area contributed by atoms with Gasteiger partial charge < -0.3 is 4.57 Å². The average Bonchev–Trinajstić information content (AvgIpc) is 2.85. The minimum absolute atomic E-state index is 0.182. The van der Waals surface area contributed by atoms with E-state index in [2.05, 4.69) is 5.32 Å². The highest BCUT2D eigenvalue weighted by Crippen LogP contribution is 2.27. The summed E-state index contributed by atoms with van der Waals surface area (Å²) < 4.78 is 2.05. The van der Waals surface area contributed by atoms with Gasteiger partial charge in [-0.1, -0.05) is 23.9 Å². The Balaban J connectivity index is 1.95. The number of hydrogen-bond acceptors (Lipinski definition) is 3. The van der Waals surface area contributed by atoms with Crippen LogP contribution in [0.4, 0.5) is 4.79 Å².